The summed E-state index contributed by atoms with van der Waals surface area (Å²) in [6.07, 6.45) is -3.17. The molecule has 0 unspecified atom stereocenters. The Labute approximate surface area is 197 Å². The number of hydrogen-bond acceptors (Lipinski definition) is 6. The number of carboxylic acid groups (broad SMARTS) is 1. The van der Waals surface area contributed by atoms with E-state index in [1.807, 2.05) is 0 Å². The first-order chi connectivity index (χ1) is 15.6. The van der Waals surface area contributed by atoms with Crippen LogP contribution in [0.25, 0.3) is 6.08 Å². The van der Waals surface area contributed by atoms with Gasteiger partial charge in [-0.2, -0.15) is 13.2 Å². The fraction of sp³-hybridized carbons (Fsp3) is 0.227. The average Bonchev–Trinajstić information content (AvgIpc) is 3.02. The van der Waals surface area contributed by atoms with Gasteiger partial charge in [-0.1, -0.05) is 36.1 Å². The molecule has 33 heavy (non-hydrogen) atoms. The fourth-order valence-electron chi connectivity index (χ4n) is 2.91. The van der Waals surface area contributed by atoms with Crippen molar-refractivity contribution in [2.45, 2.75) is 19.5 Å². The lowest BCUT2D eigenvalue weighted by atomic mass is 10.1. The second kappa shape index (κ2) is 10.3. The van der Waals surface area contributed by atoms with Crippen LogP contribution in [0.3, 0.4) is 0 Å². The van der Waals surface area contributed by atoms with Gasteiger partial charge in [-0.05, 0) is 48.9 Å². The van der Waals surface area contributed by atoms with E-state index >= 15 is 0 Å². The summed E-state index contributed by atoms with van der Waals surface area (Å²) in [5, 5.41) is 8.75. The van der Waals surface area contributed by atoms with Crippen molar-refractivity contribution in [3.8, 4) is 11.5 Å². The summed E-state index contributed by atoms with van der Waals surface area (Å²) < 4.78 is 50.3. The molecule has 1 saturated heterocycles. The van der Waals surface area contributed by atoms with Gasteiger partial charge in [0.05, 0.1) is 35.8 Å². The molecule has 3 rings (SSSR count). The largest absolute Gasteiger partial charge is 0.490 e. The Morgan fingerprint density at radius 3 is 2.61 bits per heavy atom. The minimum absolute atomic E-state index is 0.0351. The molecule has 0 radical (unpaired) electrons. The molecule has 1 aliphatic rings. The number of carboxylic acids is 1. The number of amides is 1. The highest BCUT2D eigenvalue weighted by molar-refractivity contribution is 8.27. The Morgan fingerprint density at radius 2 is 1.94 bits per heavy atom. The number of halogens is 3. The molecule has 0 spiro atoms. The maximum absolute atomic E-state index is 13.1. The van der Waals surface area contributed by atoms with Crippen LogP contribution in [-0.4, -0.2) is 34.5 Å². The first kappa shape index (κ1) is 24.6. The minimum atomic E-state index is -4.55. The molecule has 0 bridgehead atoms. The summed E-state index contributed by atoms with van der Waals surface area (Å²) in [5.74, 6) is -0.812. The number of carbonyl (C=O) groups is 2. The Kier molecular flexibility index (Phi) is 7.65. The smallest absolute Gasteiger partial charge is 0.416 e. The number of carbonyl (C=O) groups excluding carboxylic acids is 1. The van der Waals surface area contributed by atoms with Crippen molar-refractivity contribution >= 4 is 51.9 Å². The van der Waals surface area contributed by atoms with Crippen LogP contribution in [-0.2, 0) is 15.8 Å². The van der Waals surface area contributed by atoms with Crippen LogP contribution >= 0.6 is 24.0 Å². The van der Waals surface area contributed by atoms with E-state index in [4.69, 9.17) is 26.8 Å². The van der Waals surface area contributed by atoms with Gasteiger partial charge in [0.2, 0.25) is 0 Å². The number of nitrogens with zero attached hydrogens (tertiary/aromatic N) is 1. The zero-order valence-electron chi connectivity index (χ0n) is 17.2. The van der Waals surface area contributed by atoms with Gasteiger partial charge < -0.3 is 14.6 Å². The van der Waals surface area contributed by atoms with E-state index in [9.17, 15) is 22.8 Å². The van der Waals surface area contributed by atoms with Gasteiger partial charge in [-0.15, -0.1) is 0 Å². The lowest BCUT2D eigenvalue weighted by molar-refractivity contribution is -0.138. The van der Waals surface area contributed by atoms with E-state index in [0.717, 1.165) is 28.8 Å². The summed E-state index contributed by atoms with van der Waals surface area (Å²) in [7, 11) is 0. The number of aliphatic carboxylic acids is 1. The molecule has 1 heterocycles. The van der Waals surface area contributed by atoms with Crippen molar-refractivity contribution in [3.63, 3.8) is 0 Å². The molecule has 6 nitrogen and oxygen atoms in total. The lowest BCUT2D eigenvalue weighted by Gasteiger charge is -2.16. The van der Waals surface area contributed by atoms with Crippen molar-refractivity contribution in [1.29, 1.82) is 0 Å². The van der Waals surface area contributed by atoms with Gasteiger partial charge in [0.1, 0.15) is 0 Å². The molecule has 0 aromatic heterocycles. The van der Waals surface area contributed by atoms with Crippen LogP contribution in [0.4, 0.5) is 18.9 Å². The van der Waals surface area contributed by atoms with Crippen LogP contribution in [0.2, 0.25) is 0 Å². The van der Waals surface area contributed by atoms with Crippen LogP contribution in [0.1, 0.15) is 24.5 Å². The third-order valence-corrected chi connectivity index (χ3v) is 5.67. The number of thiocarbonyl (C=S) groups is 1. The molecule has 1 fully saturated rings. The number of ether oxygens (including phenoxy) is 2. The minimum Gasteiger partial charge on any atom is -0.490 e. The molecule has 1 N–H and O–H groups in total. The highest BCUT2D eigenvalue weighted by Crippen LogP contribution is 2.39. The molecule has 1 aliphatic heterocycles. The van der Waals surface area contributed by atoms with Crippen molar-refractivity contribution in [1.82, 2.24) is 0 Å². The molecular formula is C22H18F3NO5S2. The van der Waals surface area contributed by atoms with Crippen molar-refractivity contribution in [3.05, 3.63) is 58.5 Å². The zero-order chi connectivity index (χ0) is 24.2. The maximum Gasteiger partial charge on any atom is 0.416 e. The molecule has 174 valence electrons. The summed E-state index contributed by atoms with van der Waals surface area (Å²) in [5.41, 5.74) is -0.264. The third kappa shape index (κ3) is 6.05. The van der Waals surface area contributed by atoms with Gasteiger partial charge in [0, 0.05) is 0 Å². The molecule has 0 aliphatic carbocycles. The molecule has 2 aromatic rings. The van der Waals surface area contributed by atoms with Crippen molar-refractivity contribution < 1.29 is 37.3 Å². The number of hydrogen-bond donors (Lipinski definition) is 1. The van der Waals surface area contributed by atoms with E-state index in [1.165, 1.54) is 12.1 Å². The first-order valence-corrected chi connectivity index (χ1v) is 10.9. The van der Waals surface area contributed by atoms with E-state index < -0.39 is 23.6 Å². The quantitative estimate of drug-likeness (QED) is 0.389. The summed E-state index contributed by atoms with van der Waals surface area (Å²) >= 11 is 6.22. The van der Waals surface area contributed by atoms with Gasteiger partial charge in [-0.3, -0.25) is 14.5 Å². The highest BCUT2D eigenvalue weighted by atomic mass is 32.2. The number of rotatable bonds is 8. The Morgan fingerprint density at radius 1 is 1.18 bits per heavy atom. The first-order valence-electron chi connectivity index (χ1n) is 9.67. The summed E-state index contributed by atoms with van der Waals surface area (Å²) in [6, 6.07) is 9.27. The van der Waals surface area contributed by atoms with Crippen LogP contribution in [0.15, 0.2) is 47.4 Å². The third-order valence-electron chi connectivity index (χ3n) is 4.36. The normalized spacial score (nSPS) is 15.3. The number of anilines is 1. The Hall–Kier alpha value is -3.05. The lowest BCUT2D eigenvalue weighted by Crippen LogP contribution is -2.27. The Bertz CT molecular complexity index is 1120. The van der Waals surface area contributed by atoms with Gasteiger partial charge in [-0.25, -0.2) is 0 Å². The second-order valence-electron chi connectivity index (χ2n) is 6.70. The fourth-order valence-corrected chi connectivity index (χ4v) is 4.21. The predicted molar refractivity (Wildman–Crippen MR) is 122 cm³/mol. The highest BCUT2D eigenvalue weighted by Gasteiger charge is 2.36. The van der Waals surface area contributed by atoms with Gasteiger partial charge in [0.15, 0.2) is 15.8 Å². The molecule has 0 saturated carbocycles. The van der Waals surface area contributed by atoms with E-state index in [2.05, 4.69) is 0 Å². The molecular weight excluding hydrogens is 479 g/mol. The van der Waals surface area contributed by atoms with Gasteiger partial charge in [0.25, 0.3) is 5.91 Å². The van der Waals surface area contributed by atoms with Crippen molar-refractivity contribution in [2.75, 3.05) is 18.1 Å². The van der Waals surface area contributed by atoms with E-state index in [0.29, 0.717) is 23.7 Å². The number of benzene rings is 2. The molecule has 11 heteroatoms. The van der Waals surface area contributed by atoms with Gasteiger partial charge >= 0.3 is 12.1 Å². The van der Waals surface area contributed by atoms with Crippen molar-refractivity contribution in [2.24, 2.45) is 0 Å². The molecule has 0 atom stereocenters. The van der Waals surface area contributed by atoms with E-state index in [1.54, 1.807) is 31.2 Å². The number of thioether (sulfide) groups is 1. The van der Waals surface area contributed by atoms with Crippen LogP contribution in [0, 0.1) is 0 Å². The SMILES string of the molecule is CCOc1cc(/C=C2/SC(=S)N(c3cccc(C(F)(F)F)c3)C2=O)ccc1OCCC(=O)O. The Balaban J connectivity index is 1.85. The monoisotopic (exact) mass is 497 g/mol. The topological polar surface area (TPSA) is 76.1 Å². The zero-order valence-corrected chi connectivity index (χ0v) is 18.9. The predicted octanol–water partition coefficient (Wildman–Crippen LogP) is 5.36. The number of alkyl halides is 3. The standard InChI is InChI=1S/C22H18F3NO5S2/c1-2-30-17-10-13(6-7-16(17)31-9-8-19(27)28)11-18-20(29)26(21(32)33-18)15-5-3-4-14(12-15)22(23,24)25/h3-7,10-12H,2,8-9H2,1H3,(H,27,28)/b18-11+. The van der Waals surface area contributed by atoms with Crippen LogP contribution < -0.4 is 14.4 Å². The second-order valence-corrected chi connectivity index (χ2v) is 8.37. The van der Waals surface area contributed by atoms with Crippen LogP contribution in [0.5, 0.6) is 11.5 Å². The maximum atomic E-state index is 13.1. The summed E-state index contributed by atoms with van der Waals surface area (Å²) in [6.45, 7) is 2.06. The summed E-state index contributed by atoms with van der Waals surface area (Å²) in [4.78, 5) is 24.9. The molecule has 2 aromatic carbocycles. The average molecular weight is 498 g/mol. The molecule has 1 amide bonds. The van der Waals surface area contributed by atoms with E-state index in [-0.39, 0.29) is 27.9 Å².